The molecule has 1 saturated carbocycles. The first-order valence-electron chi connectivity index (χ1n) is 13.0. The summed E-state index contributed by atoms with van der Waals surface area (Å²) in [4.78, 5) is 29.6. The van der Waals surface area contributed by atoms with Crippen LogP contribution in [0.2, 0.25) is 0 Å². The van der Waals surface area contributed by atoms with Crippen LogP contribution in [0.4, 0.5) is 0 Å². The van der Waals surface area contributed by atoms with Crippen molar-refractivity contribution in [3.63, 3.8) is 0 Å². The lowest BCUT2D eigenvalue weighted by atomic mass is 10.0. The zero-order chi connectivity index (χ0) is 24.6. The van der Waals surface area contributed by atoms with Crippen LogP contribution in [-0.4, -0.2) is 59.0 Å². The number of carbonyl (C=O) groups excluding carboxylic acids is 2. The van der Waals surface area contributed by atoms with E-state index in [1.807, 2.05) is 36.4 Å². The number of nitrogens with one attached hydrogen (secondary N) is 1. The summed E-state index contributed by atoms with van der Waals surface area (Å²) in [6, 6.07) is 16.0. The summed E-state index contributed by atoms with van der Waals surface area (Å²) in [6.07, 6.45) is 5.05. The van der Waals surface area contributed by atoms with Crippen molar-refractivity contribution >= 4 is 11.8 Å². The van der Waals surface area contributed by atoms with Gasteiger partial charge >= 0.3 is 0 Å². The van der Waals surface area contributed by atoms with Crippen molar-refractivity contribution < 1.29 is 19.1 Å². The molecule has 0 radical (unpaired) electrons. The number of hydrogen-bond acceptors (Lipinski definition) is 5. The molecule has 3 atom stereocenters. The Labute approximate surface area is 212 Å². The van der Waals surface area contributed by atoms with E-state index < -0.39 is 6.04 Å². The third-order valence-corrected chi connectivity index (χ3v) is 7.99. The number of piperidine rings is 1. The van der Waals surface area contributed by atoms with E-state index in [1.165, 1.54) is 5.56 Å². The number of likely N-dealkylation sites (tertiary alicyclic amines) is 1. The van der Waals surface area contributed by atoms with Crippen LogP contribution in [0, 0.1) is 0 Å². The van der Waals surface area contributed by atoms with E-state index in [0.717, 1.165) is 49.4 Å². The van der Waals surface area contributed by atoms with Crippen LogP contribution >= 0.6 is 0 Å². The van der Waals surface area contributed by atoms with Crippen LogP contribution in [0.25, 0.3) is 0 Å². The molecular formula is C29H33N3O4. The first-order valence-corrected chi connectivity index (χ1v) is 13.0. The van der Waals surface area contributed by atoms with Gasteiger partial charge in [-0.3, -0.25) is 14.5 Å². The molecule has 36 heavy (non-hydrogen) atoms. The molecule has 2 aromatic rings. The second-order valence-electron chi connectivity index (χ2n) is 10.4. The molecular weight excluding hydrogens is 454 g/mol. The number of carbonyl (C=O) groups is 2. The summed E-state index contributed by atoms with van der Waals surface area (Å²) >= 11 is 0. The van der Waals surface area contributed by atoms with Gasteiger partial charge in [0.15, 0.2) is 0 Å². The van der Waals surface area contributed by atoms with Crippen molar-refractivity contribution in [1.29, 1.82) is 0 Å². The molecule has 0 aromatic heterocycles. The Morgan fingerprint density at radius 2 is 1.86 bits per heavy atom. The fourth-order valence-corrected chi connectivity index (χ4v) is 5.97. The Balaban J connectivity index is 1.05. The van der Waals surface area contributed by atoms with E-state index >= 15 is 0 Å². The predicted molar refractivity (Wildman–Crippen MR) is 135 cm³/mol. The molecule has 1 N–H and O–H groups in total. The molecule has 3 heterocycles. The molecule has 3 aliphatic heterocycles. The monoisotopic (exact) mass is 487 g/mol. The highest BCUT2D eigenvalue weighted by Crippen LogP contribution is 2.35. The van der Waals surface area contributed by atoms with Crippen LogP contribution in [0.3, 0.4) is 0 Å². The van der Waals surface area contributed by atoms with E-state index in [1.54, 1.807) is 4.90 Å². The first-order chi connectivity index (χ1) is 17.5. The van der Waals surface area contributed by atoms with Crippen molar-refractivity contribution in [2.24, 2.45) is 0 Å². The lowest BCUT2D eigenvalue weighted by Gasteiger charge is -2.44. The van der Waals surface area contributed by atoms with Crippen molar-refractivity contribution in [2.45, 2.75) is 69.5 Å². The highest BCUT2D eigenvalue weighted by molar-refractivity contribution is 6.01. The summed E-state index contributed by atoms with van der Waals surface area (Å²) in [5, 5.41) is 2.79. The highest BCUT2D eigenvalue weighted by Gasteiger charge is 2.41. The van der Waals surface area contributed by atoms with Gasteiger partial charge in [-0.25, -0.2) is 0 Å². The minimum absolute atomic E-state index is 0.0786. The lowest BCUT2D eigenvalue weighted by Crippen LogP contribution is -2.58. The van der Waals surface area contributed by atoms with E-state index in [0.29, 0.717) is 37.6 Å². The Kier molecular flexibility index (Phi) is 6.27. The lowest BCUT2D eigenvalue weighted by molar-refractivity contribution is -0.126. The first kappa shape index (κ1) is 23.3. The molecule has 7 heteroatoms. The third-order valence-electron chi connectivity index (χ3n) is 7.99. The van der Waals surface area contributed by atoms with Gasteiger partial charge in [-0.1, -0.05) is 36.9 Å². The van der Waals surface area contributed by atoms with Crippen LogP contribution in [0.5, 0.6) is 5.75 Å². The zero-order valence-corrected chi connectivity index (χ0v) is 20.5. The van der Waals surface area contributed by atoms with Crippen LogP contribution in [-0.2, 0) is 22.7 Å². The van der Waals surface area contributed by atoms with Gasteiger partial charge in [0.2, 0.25) is 5.91 Å². The smallest absolute Gasteiger partial charge is 0.255 e. The highest BCUT2D eigenvalue weighted by atomic mass is 16.5. The summed E-state index contributed by atoms with van der Waals surface area (Å²) in [5.41, 5.74) is 3.53. The molecule has 7 nitrogen and oxygen atoms in total. The van der Waals surface area contributed by atoms with Crippen molar-refractivity contribution in [2.75, 3.05) is 13.1 Å². The van der Waals surface area contributed by atoms with Gasteiger partial charge in [0.05, 0.1) is 12.7 Å². The third kappa shape index (κ3) is 4.53. The number of ether oxygens (including phenoxy) is 2. The number of amides is 2. The van der Waals surface area contributed by atoms with E-state index in [9.17, 15) is 9.59 Å². The van der Waals surface area contributed by atoms with Gasteiger partial charge in [-0.05, 0) is 61.4 Å². The molecule has 0 bridgehead atoms. The standard InChI is InChI=1S/C29H33N3O4/c1-19-10-13-26(28(33)30-19)32-15-21-14-22(11-12-24(21)29(32)34)36-27-9-5-8-25(27)31-16-23(17-31)35-18-20-6-3-2-4-7-20/h2-4,6-7,11-12,14,23,25-27H,1,5,8-10,13,15-18H2,(H,30,33)/t25-,26?,27+/m0/s1. The minimum Gasteiger partial charge on any atom is -0.489 e. The zero-order valence-electron chi connectivity index (χ0n) is 20.5. The molecule has 2 amide bonds. The van der Waals surface area contributed by atoms with Crippen LogP contribution in [0.1, 0.15) is 53.6 Å². The summed E-state index contributed by atoms with van der Waals surface area (Å²) in [5.74, 6) is 0.586. The predicted octanol–water partition coefficient (Wildman–Crippen LogP) is 3.64. The SMILES string of the molecule is C=C1CCC(N2Cc3cc(O[C@@H]4CCC[C@@H]4N4CC(OCc5ccccc5)C4)ccc3C2=O)C(=O)N1. The molecule has 6 rings (SSSR count). The largest absolute Gasteiger partial charge is 0.489 e. The Morgan fingerprint density at radius 1 is 1.03 bits per heavy atom. The molecule has 1 unspecified atom stereocenters. The number of hydrogen-bond donors (Lipinski definition) is 1. The topological polar surface area (TPSA) is 71.1 Å². The summed E-state index contributed by atoms with van der Waals surface area (Å²) < 4.78 is 12.6. The summed E-state index contributed by atoms with van der Waals surface area (Å²) in [6.45, 7) is 6.83. The number of fused-ring (bicyclic) bond motifs is 1. The molecule has 188 valence electrons. The fraction of sp³-hybridized carbons (Fsp3) is 0.448. The maximum Gasteiger partial charge on any atom is 0.255 e. The quantitative estimate of drug-likeness (QED) is 0.646. The number of benzene rings is 2. The van der Waals surface area contributed by atoms with Gasteiger partial charge in [0.25, 0.3) is 5.91 Å². The van der Waals surface area contributed by atoms with Gasteiger partial charge in [0.1, 0.15) is 17.9 Å². The van der Waals surface area contributed by atoms with Gasteiger partial charge in [-0.15, -0.1) is 0 Å². The molecule has 2 saturated heterocycles. The van der Waals surface area contributed by atoms with Gasteiger partial charge < -0.3 is 19.7 Å². The number of rotatable bonds is 7. The molecule has 3 fully saturated rings. The normalized spacial score (nSPS) is 26.6. The Hall–Kier alpha value is -3.16. The van der Waals surface area contributed by atoms with Crippen molar-refractivity contribution in [3.05, 3.63) is 77.5 Å². The average molecular weight is 488 g/mol. The van der Waals surface area contributed by atoms with Crippen molar-refractivity contribution in [3.8, 4) is 5.75 Å². The number of nitrogens with zero attached hydrogens (tertiary/aromatic N) is 2. The molecule has 1 aliphatic carbocycles. The van der Waals surface area contributed by atoms with Gasteiger partial charge in [-0.2, -0.15) is 0 Å². The molecule has 4 aliphatic rings. The molecule has 0 spiro atoms. The molecule has 2 aromatic carbocycles. The van der Waals surface area contributed by atoms with E-state index in [2.05, 4.69) is 28.9 Å². The Morgan fingerprint density at radius 3 is 2.67 bits per heavy atom. The maximum absolute atomic E-state index is 13.0. The fourth-order valence-electron chi connectivity index (χ4n) is 5.97. The maximum atomic E-state index is 13.0. The average Bonchev–Trinajstić information content (AvgIpc) is 3.43. The van der Waals surface area contributed by atoms with E-state index in [-0.39, 0.29) is 24.0 Å². The minimum atomic E-state index is -0.442. The number of allylic oxidation sites excluding steroid dienone is 1. The van der Waals surface area contributed by atoms with Gasteiger partial charge in [0, 0.05) is 36.9 Å². The van der Waals surface area contributed by atoms with Crippen molar-refractivity contribution in [1.82, 2.24) is 15.1 Å². The summed E-state index contributed by atoms with van der Waals surface area (Å²) in [7, 11) is 0. The Bertz CT molecular complexity index is 1160. The second-order valence-corrected chi connectivity index (χ2v) is 10.4. The van der Waals surface area contributed by atoms with Crippen LogP contribution < -0.4 is 10.1 Å². The van der Waals surface area contributed by atoms with E-state index in [4.69, 9.17) is 9.47 Å². The second kappa shape index (κ2) is 9.71. The van der Waals surface area contributed by atoms with Crippen LogP contribution in [0.15, 0.2) is 60.8 Å².